The summed E-state index contributed by atoms with van der Waals surface area (Å²) in [5.41, 5.74) is 0. The zero-order chi connectivity index (χ0) is 8.04. The van der Waals surface area contributed by atoms with Gasteiger partial charge in [0.25, 0.3) is 0 Å². The fourth-order valence-corrected chi connectivity index (χ4v) is 2.32. The molecule has 0 radical (unpaired) electrons. The summed E-state index contributed by atoms with van der Waals surface area (Å²) in [6, 6.07) is 0.774. The van der Waals surface area contributed by atoms with Crippen LogP contribution in [0, 0.1) is 14.4 Å². The van der Waals surface area contributed by atoms with Crippen LogP contribution in [0.1, 0.15) is 6.42 Å². The van der Waals surface area contributed by atoms with Gasteiger partial charge in [0.15, 0.2) is 0 Å². The normalized spacial score (nSPS) is 10.0. The fourth-order valence-electron chi connectivity index (χ4n) is 0.773. The molecule has 0 rings (SSSR count). The van der Waals surface area contributed by atoms with E-state index in [1.807, 2.05) is 0 Å². The van der Waals surface area contributed by atoms with Crippen molar-refractivity contribution in [2.75, 3.05) is 21.3 Å². The maximum atomic E-state index is 5.13. The Labute approximate surface area is 91.4 Å². The molecule has 0 aromatic rings. The topological polar surface area (TPSA) is 27.7 Å². The molecule has 0 heterocycles. The average Bonchev–Trinajstić information content (AvgIpc) is 2.01. The summed E-state index contributed by atoms with van der Waals surface area (Å²) >= 11 is 0. The summed E-state index contributed by atoms with van der Waals surface area (Å²) in [7, 11) is 2.54. The number of hydrogen-bond donors (Lipinski definition) is 0. The molecule has 0 unspecified atom stereocenters. The standard InChI is InChI=1S/C6H15O3Si.CH3.W/c1-5-6-10(7-2,8-3)9-4;;/h1,5-6H2,2-4H3;1H3;/q2*-1;+2. The minimum Gasteiger partial charge on any atom is -0.377 e. The van der Waals surface area contributed by atoms with Gasteiger partial charge in [-0.15, -0.1) is 0 Å². The quantitative estimate of drug-likeness (QED) is 0.549. The Bertz CT molecular complexity index is 80.5. The molecule has 0 N–H and O–H groups in total. The molecular formula is C7H18O3SiW. The largest absolute Gasteiger partial charge is 2.00 e. The molecule has 0 aliphatic carbocycles. The molecule has 5 heteroatoms. The molecule has 0 saturated carbocycles. The summed E-state index contributed by atoms with van der Waals surface area (Å²) in [6.07, 6.45) is 0.780. The Morgan fingerprint density at radius 1 is 1.08 bits per heavy atom. The van der Waals surface area contributed by atoms with Gasteiger partial charge in [0.2, 0.25) is 0 Å². The van der Waals surface area contributed by atoms with E-state index in [1.54, 1.807) is 21.3 Å². The van der Waals surface area contributed by atoms with Crippen LogP contribution in [-0.4, -0.2) is 30.1 Å². The third kappa shape index (κ3) is 5.43. The molecular weight excluding hydrogens is 344 g/mol. The van der Waals surface area contributed by atoms with Crippen molar-refractivity contribution >= 4 is 8.80 Å². The van der Waals surface area contributed by atoms with Gasteiger partial charge in [0, 0.05) is 21.3 Å². The van der Waals surface area contributed by atoms with E-state index in [0.29, 0.717) is 0 Å². The number of rotatable bonds is 5. The molecule has 0 fully saturated rings. The third-order valence-electron chi connectivity index (χ3n) is 1.42. The predicted octanol–water partition coefficient (Wildman–Crippen LogP) is 1.54. The van der Waals surface area contributed by atoms with Gasteiger partial charge in [0.1, 0.15) is 0 Å². The molecule has 0 aliphatic heterocycles. The van der Waals surface area contributed by atoms with E-state index in [4.69, 9.17) is 13.3 Å². The van der Waals surface area contributed by atoms with Crippen LogP contribution in [0.2, 0.25) is 6.04 Å². The van der Waals surface area contributed by atoms with Gasteiger partial charge in [-0.2, -0.15) is 6.42 Å². The van der Waals surface area contributed by atoms with Crippen LogP contribution in [0.25, 0.3) is 0 Å². The van der Waals surface area contributed by atoms with Gasteiger partial charge < -0.3 is 27.6 Å². The maximum absolute atomic E-state index is 5.13. The van der Waals surface area contributed by atoms with Crippen molar-refractivity contribution in [2.24, 2.45) is 0 Å². The number of hydrogen-bond acceptors (Lipinski definition) is 3. The Morgan fingerprint density at radius 3 is 1.50 bits per heavy atom. The molecule has 0 spiro atoms. The van der Waals surface area contributed by atoms with Crippen molar-refractivity contribution in [1.29, 1.82) is 0 Å². The molecule has 0 bridgehead atoms. The smallest absolute Gasteiger partial charge is 0.377 e. The molecule has 74 valence electrons. The summed E-state index contributed by atoms with van der Waals surface area (Å²) < 4.78 is 15.4. The Morgan fingerprint density at radius 2 is 1.42 bits per heavy atom. The third-order valence-corrected chi connectivity index (χ3v) is 4.25. The van der Waals surface area contributed by atoms with Gasteiger partial charge in [-0.25, -0.2) is 0 Å². The zero-order valence-electron chi connectivity index (χ0n) is 8.25. The SMILES string of the molecule is [CH2-]CC[Si](OC)(OC)OC.[CH3-].[W+2]. The minimum absolute atomic E-state index is 0. The van der Waals surface area contributed by atoms with Crippen molar-refractivity contribution in [3.05, 3.63) is 14.4 Å². The summed E-state index contributed by atoms with van der Waals surface area (Å²) in [6.45, 7) is 3.71. The second kappa shape index (κ2) is 9.87. The second-order valence-electron chi connectivity index (χ2n) is 1.90. The van der Waals surface area contributed by atoms with Gasteiger partial charge in [-0.3, -0.25) is 0 Å². The first kappa shape index (κ1) is 18.5. The van der Waals surface area contributed by atoms with E-state index in [1.165, 1.54) is 0 Å². The van der Waals surface area contributed by atoms with Crippen LogP contribution in [0.3, 0.4) is 0 Å². The second-order valence-corrected chi connectivity index (χ2v) is 4.99. The van der Waals surface area contributed by atoms with Crippen LogP contribution < -0.4 is 0 Å². The van der Waals surface area contributed by atoms with Gasteiger partial charge >= 0.3 is 29.9 Å². The Hall–Kier alpha value is 0.785. The minimum atomic E-state index is -2.28. The van der Waals surface area contributed by atoms with E-state index >= 15 is 0 Å². The van der Waals surface area contributed by atoms with Crippen LogP contribution in [0.5, 0.6) is 0 Å². The van der Waals surface area contributed by atoms with Gasteiger partial charge in [-0.05, 0) is 6.04 Å². The summed E-state index contributed by atoms with van der Waals surface area (Å²) in [4.78, 5) is 0. The van der Waals surface area contributed by atoms with Crippen molar-refractivity contribution < 1.29 is 34.3 Å². The van der Waals surface area contributed by atoms with E-state index in [0.717, 1.165) is 12.5 Å². The molecule has 12 heavy (non-hydrogen) atoms. The Balaban J connectivity index is -0.000000405. The molecule has 3 nitrogen and oxygen atoms in total. The van der Waals surface area contributed by atoms with Crippen LogP contribution >= 0.6 is 0 Å². The molecule has 0 atom stereocenters. The Kier molecular flexibility index (Phi) is 15.3. The molecule has 0 aromatic heterocycles. The van der Waals surface area contributed by atoms with E-state index in [-0.39, 0.29) is 28.5 Å². The molecule has 0 amide bonds. The average molecular weight is 362 g/mol. The molecule has 0 saturated heterocycles. The van der Waals surface area contributed by atoms with Crippen LogP contribution in [0.4, 0.5) is 0 Å². The van der Waals surface area contributed by atoms with E-state index in [2.05, 4.69) is 6.92 Å². The van der Waals surface area contributed by atoms with E-state index in [9.17, 15) is 0 Å². The monoisotopic (exact) mass is 362 g/mol. The van der Waals surface area contributed by atoms with E-state index < -0.39 is 8.80 Å². The van der Waals surface area contributed by atoms with Crippen molar-refractivity contribution in [1.82, 2.24) is 0 Å². The molecule has 0 aliphatic rings. The maximum Gasteiger partial charge on any atom is 2.00 e. The first-order valence-corrected chi connectivity index (χ1v) is 5.12. The fraction of sp³-hybridized carbons (Fsp3) is 0.714. The van der Waals surface area contributed by atoms with Crippen molar-refractivity contribution in [2.45, 2.75) is 12.5 Å². The van der Waals surface area contributed by atoms with Crippen LogP contribution in [-0.2, 0) is 34.3 Å². The van der Waals surface area contributed by atoms with Crippen molar-refractivity contribution in [3.63, 3.8) is 0 Å². The summed E-state index contributed by atoms with van der Waals surface area (Å²) in [5, 5.41) is 0. The van der Waals surface area contributed by atoms with Gasteiger partial charge in [0.05, 0.1) is 0 Å². The first-order valence-electron chi connectivity index (χ1n) is 3.19. The summed E-state index contributed by atoms with van der Waals surface area (Å²) in [5.74, 6) is 0. The van der Waals surface area contributed by atoms with Crippen LogP contribution in [0.15, 0.2) is 0 Å². The predicted molar refractivity (Wildman–Crippen MR) is 48.0 cm³/mol. The molecule has 0 aromatic carbocycles. The van der Waals surface area contributed by atoms with Crippen molar-refractivity contribution in [3.8, 4) is 0 Å². The van der Waals surface area contributed by atoms with Gasteiger partial charge in [-0.1, -0.05) is 0 Å². The zero-order valence-corrected chi connectivity index (χ0v) is 12.2. The first-order chi connectivity index (χ1) is 4.74.